The number of alkyl halides is 1. The summed E-state index contributed by atoms with van der Waals surface area (Å²) in [6.07, 6.45) is 75.9. The quantitative estimate of drug-likeness (QED) is 0.0936. The van der Waals surface area contributed by atoms with Crippen LogP contribution in [0.5, 0.6) is 0 Å². The van der Waals surface area contributed by atoms with Crippen LogP contribution in [-0.2, 0) is 16.2 Å². The van der Waals surface area contributed by atoms with Gasteiger partial charge in [-0.05, 0) is 450 Å². The van der Waals surface area contributed by atoms with E-state index in [9.17, 15) is 0 Å². The van der Waals surface area contributed by atoms with Crippen molar-refractivity contribution in [2.75, 3.05) is 0 Å². The van der Waals surface area contributed by atoms with Gasteiger partial charge in [-0.1, -0.05) is 283 Å². The van der Waals surface area contributed by atoms with Crippen LogP contribution < -0.4 is 0 Å². The molecule has 0 aromatic heterocycles. The molecule has 9 aromatic rings. The van der Waals surface area contributed by atoms with E-state index < -0.39 is 16.1 Å². The van der Waals surface area contributed by atoms with Gasteiger partial charge in [0.15, 0.2) is 0 Å². The topological polar surface area (TPSA) is 0 Å². The molecule has 24 fully saturated rings. The van der Waals surface area contributed by atoms with Crippen LogP contribution in [-0.4, -0.2) is 20.5 Å². The molecular formula is C147H149BrSi2. The van der Waals surface area contributed by atoms with Crippen molar-refractivity contribution in [2.24, 2.45) is 114 Å². The third-order valence-electron chi connectivity index (χ3n) is 39.0. The number of hydrogen-bond donors (Lipinski definition) is 0. The van der Waals surface area contributed by atoms with E-state index in [1.807, 2.05) is 60.7 Å². The van der Waals surface area contributed by atoms with E-state index in [0.29, 0.717) is 32.5 Å². The first kappa shape index (κ1) is 103. The standard InChI is InChI=1S/C42H32.C32H28.C26H24.C20H32Si2.C14H15Br.C13H18/c1-5-13-35(14-6-1)21-25-39-29-40(26-22-36-15-7-2-8-16-36)32-41(30-39,27-23-37-17-9-3-10-18-37)34-42(31-39,33-40)28-24-38-19-11-4-12-20-38;1-3-7-24(8-4-1)11-13-26-15-27(14-12-25-9-5-2-6-10-25)20-31(19-26)32-21-28-16-29(22-32)18-30(17-28)23-32;1-3-19-5-9-23(10-6-19)25-14-21-13-22(15-25)17-26(16-21,18-25)24-11-7-20(4-2)8-12-24;1-21(2,3)9-7-19-12-17-11-18(13-19)15-20(14-17,16-19)8-10-22(4,5)6;1-3-12-5-11-6-13(4-2,8-12)10-14(15,7-11)9-12;1-2-3-13-7-10-4-11(8-13)6-12(5-10)9-13/h1-20H,29-34H2;1-10,15,19-20,28-30H,16-18,21-23H2;1-2,5-12,21-22H,13-18H2;17-18H,11-16H2,1-6H3;1-2,11H,5-10H2;1,10-12H,3-9H2. The average Bonchev–Trinajstić information content (AvgIpc) is 0.680. The van der Waals surface area contributed by atoms with Gasteiger partial charge < -0.3 is 0 Å². The van der Waals surface area contributed by atoms with Crippen molar-refractivity contribution in [3.63, 3.8) is 0 Å². The predicted octanol–water partition coefficient (Wildman–Crippen LogP) is 32.8. The van der Waals surface area contributed by atoms with Crippen molar-refractivity contribution in [1.82, 2.24) is 0 Å². The molecule has 0 radical (unpaired) electrons. The van der Waals surface area contributed by atoms with E-state index in [0.717, 1.165) is 185 Å². The van der Waals surface area contributed by atoms with Crippen LogP contribution in [0.2, 0.25) is 39.3 Å². The van der Waals surface area contributed by atoms with Crippen molar-refractivity contribution < 1.29 is 0 Å². The van der Waals surface area contributed by atoms with Gasteiger partial charge in [-0.2, -0.15) is 0 Å². The summed E-state index contributed by atoms with van der Waals surface area (Å²) < 4.78 is 0.255. The minimum absolute atomic E-state index is 0.106. The molecule has 24 aliphatic rings. The molecule has 3 heteroatoms. The minimum Gasteiger partial charge on any atom is -0.131 e. The van der Waals surface area contributed by atoms with Gasteiger partial charge in [0.05, 0.1) is 0 Å². The third-order valence-corrected chi connectivity index (χ3v) is 41.6. The summed E-state index contributed by atoms with van der Waals surface area (Å²) in [5.41, 5.74) is 24.2. The van der Waals surface area contributed by atoms with Gasteiger partial charge in [-0.15, -0.1) is 61.0 Å². The van der Waals surface area contributed by atoms with Crippen LogP contribution in [0.15, 0.2) is 249 Å². The Balaban J connectivity index is 0.000000106. The van der Waals surface area contributed by atoms with Crippen LogP contribution in [0.3, 0.4) is 0 Å². The first-order valence-electron chi connectivity index (χ1n) is 57.2. The number of hydrogen-bond acceptors (Lipinski definition) is 0. The summed E-state index contributed by atoms with van der Waals surface area (Å²) in [5.74, 6) is 75.9. The fourth-order valence-electron chi connectivity index (χ4n) is 36.3. The molecule has 24 bridgehead atoms. The van der Waals surface area contributed by atoms with Crippen LogP contribution in [0.25, 0.3) is 0 Å². The van der Waals surface area contributed by atoms with E-state index in [1.54, 1.807) is 0 Å². The predicted molar refractivity (Wildman–Crippen MR) is 630 cm³/mol. The monoisotopic (exact) mass is 2050 g/mol. The summed E-state index contributed by atoms with van der Waals surface area (Å²) in [7, 11) is -2.55. The molecule has 2 unspecified atom stereocenters. The highest BCUT2D eigenvalue weighted by molar-refractivity contribution is 9.10. The Morgan fingerprint density at radius 2 is 0.500 bits per heavy atom. The van der Waals surface area contributed by atoms with E-state index in [1.165, 1.54) is 190 Å². The van der Waals surface area contributed by atoms with Crippen LogP contribution in [0.4, 0.5) is 0 Å². The zero-order valence-electron chi connectivity index (χ0n) is 89.9. The lowest BCUT2D eigenvalue weighted by Crippen LogP contribution is -2.60. The van der Waals surface area contributed by atoms with Gasteiger partial charge in [-0.25, -0.2) is 0 Å². The Hall–Kier alpha value is -11.8. The first-order chi connectivity index (χ1) is 72.2. The molecule has 0 heterocycles. The van der Waals surface area contributed by atoms with Gasteiger partial charge in [0.2, 0.25) is 0 Å². The molecular weight excluding hydrogens is 1900 g/mol. The second-order valence-electron chi connectivity index (χ2n) is 54.2. The fourth-order valence-corrected chi connectivity index (χ4v) is 39.1. The maximum Gasteiger partial charge on any atom is 0.129 e. The smallest absolute Gasteiger partial charge is 0.129 e. The van der Waals surface area contributed by atoms with E-state index >= 15 is 0 Å². The molecule has 33 rings (SSSR count). The SMILES string of the molecule is C#CC12CC3CC(Br)(C1)CC(C#C)(C3)C2.C#CCC12CC3CC(CC(C3)C1)C2.C#Cc1ccc(C23CC4CC(C2)CC(c2ccc(C#C)cc2)(C4)C3)cc1.C(#CC12CC3(C#Cc4ccccc4)CC(C#Cc4ccccc4)(C1)CC(C#Cc1ccccc1)(C2)C3)c1ccccc1.C(#Cc1cc(C#Cc2ccccc2)cc(C23CC4CC(CC(C4)C2)C3)c1)c1ccccc1.C[Si](C)(C)C#CC12CC3CC(C1)CC(C#C[Si](C)(C)C)(C3)C2. The normalized spacial score (nSPS) is 35.5. The lowest BCUT2D eigenvalue weighted by atomic mass is 9.36. The average molecular weight is 2050 g/mol. The molecule has 0 spiro atoms. The van der Waals surface area contributed by atoms with Crippen LogP contribution in [0.1, 0.15) is 310 Å². The molecule has 2 atom stereocenters. The van der Waals surface area contributed by atoms with Crippen molar-refractivity contribution in [2.45, 2.75) is 297 Å². The van der Waals surface area contributed by atoms with Crippen LogP contribution in [0, 0.1) is 270 Å². The molecule has 9 aromatic carbocycles. The number of rotatable bonds is 4. The third kappa shape index (κ3) is 22.7. The second kappa shape index (κ2) is 41.0. The summed E-state index contributed by atoms with van der Waals surface area (Å²) in [5, 5.41) is 0. The molecule has 24 saturated carbocycles. The maximum absolute atomic E-state index is 5.76. The van der Waals surface area contributed by atoms with Gasteiger partial charge in [-0.3, -0.25) is 0 Å². The largest absolute Gasteiger partial charge is 0.131 e. The Kier molecular flexibility index (Phi) is 28.0. The molecule has 0 amide bonds. The Bertz CT molecular complexity index is 6700. The van der Waals surface area contributed by atoms with E-state index in [-0.39, 0.29) is 36.8 Å². The van der Waals surface area contributed by atoms with E-state index in [4.69, 9.17) is 32.1 Å². The highest BCUT2D eigenvalue weighted by atomic mass is 79.9. The zero-order chi connectivity index (χ0) is 103. The van der Waals surface area contributed by atoms with Gasteiger partial charge in [0.25, 0.3) is 0 Å². The molecule has 752 valence electrons. The van der Waals surface area contributed by atoms with Crippen LogP contribution >= 0.6 is 15.9 Å². The Morgan fingerprint density at radius 1 is 0.233 bits per heavy atom. The first-order valence-corrected chi connectivity index (χ1v) is 65.0. The lowest BCUT2D eigenvalue weighted by Gasteiger charge is -2.65. The number of halogens is 1. The van der Waals surface area contributed by atoms with Crippen molar-refractivity contribution in [3.8, 4) is 156 Å². The van der Waals surface area contributed by atoms with Gasteiger partial charge in [0, 0.05) is 110 Å². The summed E-state index contributed by atoms with van der Waals surface area (Å²) in [4.78, 5) is 0. The molecule has 0 N–H and O–H groups in total. The summed E-state index contributed by atoms with van der Waals surface area (Å²) >= 11 is 3.92. The molecule has 0 nitrogen and oxygen atoms in total. The van der Waals surface area contributed by atoms with E-state index in [2.05, 4.69) is 367 Å². The van der Waals surface area contributed by atoms with Gasteiger partial charge in [0.1, 0.15) is 16.1 Å². The van der Waals surface area contributed by atoms with Crippen molar-refractivity contribution >= 4 is 32.1 Å². The number of terminal acetylenes is 5. The number of benzene rings is 9. The lowest BCUT2D eigenvalue weighted by molar-refractivity contribution is -0.113. The van der Waals surface area contributed by atoms with Gasteiger partial charge >= 0.3 is 0 Å². The minimum atomic E-state index is -1.27. The maximum atomic E-state index is 5.76. The highest BCUT2D eigenvalue weighted by Crippen LogP contribution is 2.75. The van der Waals surface area contributed by atoms with Crippen molar-refractivity contribution in [3.05, 3.63) is 321 Å². The molecule has 0 saturated heterocycles. The highest BCUT2D eigenvalue weighted by Gasteiger charge is 2.69. The summed E-state index contributed by atoms with van der Waals surface area (Å²) in [6.45, 7) is 14.3. The Morgan fingerprint density at radius 3 is 0.793 bits per heavy atom. The second-order valence-corrected chi connectivity index (χ2v) is 65.4. The summed E-state index contributed by atoms with van der Waals surface area (Å²) in [6, 6.07) is 86.8. The fraction of sp³-hybridized carbons (Fsp3) is 0.456. The van der Waals surface area contributed by atoms with Crippen molar-refractivity contribution in [1.29, 1.82) is 0 Å². The molecule has 24 aliphatic carbocycles. The molecule has 150 heavy (non-hydrogen) atoms. The molecule has 0 aliphatic heterocycles. The Labute approximate surface area is 912 Å². The zero-order valence-corrected chi connectivity index (χ0v) is 93.5.